The highest BCUT2D eigenvalue weighted by atomic mass is 16.5. The monoisotopic (exact) mass is 327 g/mol. The van der Waals surface area contributed by atoms with Crippen LogP contribution in [0.1, 0.15) is 28.2 Å². The van der Waals surface area contributed by atoms with Gasteiger partial charge in [-0.3, -0.25) is 9.78 Å². The lowest BCUT2D eigenvalue weighted by Crippen LogP contribution is -2.50. The zero-order valence-electron chi connectivity index (χ0n) is 13.6. The highest BCUT2D eigenvalue weighted by Crippen LogP contribution is 2.14. The van der Waals surface area contributed by atoms with Gasteiger partial charge in [0.15, 0.2) is 0 Å². The van der Waals surface area contributed by atoms with E-state index in [-0.39, 0.29) is 18.1 Å². The van der Waals surface area contributed by atoms with Crippen LogP contribution in [0.4, 0.5) is 0 Å². The van der Waals surface area contributed by atoms with E-state index in [4.69, 9.17) is 9.47 Å². The van der Waals surface area contributed by atoms with Crippen molar-refractivity contribution in [2.45, 2.75) is 32.1 Å². The number of ether oxygens (including phenoxy) is 2. The Morgan fingerprint density at radius 2 is 2.12 bits per heavy atom. The maximum absolute atomic E-state index is 12.3. The summed E-state index contributed by atoms with van der Waals surface area (Å²) in [5.74, 6) is -0.234. The number of carbonyl (C=O) groups excluding carboxylic acids is 1. The van der Waals surface area contributed by atoms with Gasteiger partial charge in [0.1, 0.15) is 11.8 Å². The molecule has 0 spiro atoms. The smallest absolute Gasteiger partial charge is 0.271 e. The summed E-state index contributed by atoms with van der Waals surface area (Å²) in [6, 6.07) is 9.85. The molecular formula is C18H21N3O3. The van der Waals surface area contributed by atoms with Crippen molar-refractivity contribution in [3.8, 4) is 0 Å². The predicted molar refractivity (Wildman–Crippen MR) is 88.5 cm³/mol. The van der Waals surface area contributed by atoms with Crippen LogP contribution in [0.2, 0.25) is 0 Å². The van der Waals surface area contributed by atoms with E-state index in [2.05, 4.69) is 15.3 Å². The molecule has 1 fully saturated rings. The van der Waals surface area contributed by atoms with Crippen molar-refractivity contribution >= 4 is 5.91 Å². The Kier molecular flexibility index (Phi) is 5.51. The number of benzene rings is 1. The molecule has 3 rings (SSSR count). The Bertz CT molecular complexity index is 661. The minimum atomic E-state index is -0.234. The van der Waals surface area contributed by atoms with Gasteiger partial charge in [0.05, 0.1) is 31.1 Å². The van der Waals surface area contributed by atoms with Gasteiger partial charge in [-0.05, 0) is 18.9 Å². The van der Waals surface area contributed by atoms with Crippen molar-refractivity contribution < 1.29 is 14.3 Å². The number of rotatable bonds is 5. The Balaban J connectivity index is 1.59. The Morgan fingerprint density at radius 3 is 2.88 bits per heavy atom. The normalized spacial score (nSPS) is 20.5. The lowest BCUT2D eigenvalue weighted by molar-refractivity contribution is -0.0736. The van der Waals surface area contributed by atoms with Gasteiger partial charge in [0, 0.05) is 12.8 Å². The molecule has 0 unspecified atom stereocenters. The molecule has 1 saturated heterocycles. The van der Waals surface area contributed by atoms with Crippen LogP contribution in [0.15, 0.2) is 42.7 Å². The zero-order chi connectivity index (χ0) is 16.8. The first-order valence-electron chi connectivity index (χ1n) is 8.05. The van der Waals surface area contributed by atoms with Crippen molar-refractivity contribution in [2.24, 2.45) is 0 Å². The number of hydrogen-bond donors (Lipinski definition) is 1. The Hall–Kier alpha value is -2.31. The average Bonchev–Trinajstić information content (AvgIpc) is 2.62. The number of amides is 1. The first-order valence-corrected chi connectivity index (χ1v) is 8.05. The van der Waals surface area contributed by atoms with E-state index >= 15 is 0 Å². The standard InChI is InChI=1S/C18H21N3O3/c1-13-9-20-16(10-19-13)18(22)21-15-7-8-23-12-17(15)24-11-14-5-3-2-4-6-14/h2-6,9-10,15,17H,7-8,11-12H2,1H3,(H,21,22)/t15-,17-/m1/s1. The van der Waals surface area contributed by atoms with Crippen LogP contribution in [0.3, 0.4) is 0 Å². The molecule has 1 aromatic heterocycles. The SMILES string of the molecule is Cc1cnc(C(=O)N[C@@H]2CCOC[C@H]2OCc2ccccc2)cn1. The predicted octanol–water partition coefficient (Wildman–Crippen LogP) is 1.89. The second kappa shape index (κ2) is 7.99. The molecule has 2 heterocycles. The van der Waals surface area contributed by atoms with Crippen LogP contribution in [0.5, 0.6) is 0 Å². The number of hydrogen-bond acceptors (Lipinski definition) is 5. The molecule has 6 nitrogen and oxygen atoms in total. The largest absolute Gasteiger partial charge is 0.379 e. The van der Waals surface area contributed by atoms with Crippen molar-refractivity contribution in [2.75, 3.05) is 13.2 Å². The van der Waals surface area contributed by atoms with Crippen molar-refractivity contribution in [3.05, 3.63) is 59.7 Å². The van der Waals surface area contributed by atoms with Gasteiger partial charge in [-0.15, -0.1) is 0 Å². The van der Waals surface area contributed by atoms with Crippen LogP contribution in [0.25, 0.3) is 0 Å². The van der Waals surface area contributed by atoms with Gasteiger partial charge in [-0.25, -0.2) is 4.98 Å². The highest BCUT2D eigenvalue weighted by molar-refractivity contribution is 5.92. The highest BCUT2D eigenvalue weighted by Gasteiger charge is 2.28. The minimum Gasteiger partial charge on any atom is -0.379 e. The molecule has 2 aromatic rings. The maximum Gasteiger partial charge on any atom is 0.271 e. The van der Waals surface area contributed by atoms with E-state index in [1.165, 1.54) is 6.20 Å². The van der Waals surface area contributed by atoms with Crippen LogP contribution in [-0.2, 0) is 16.1 Å². The third-order valence-electron chi connectivity index (χ3n) is 3.94. The van der Waals surface area contributed by atoms with E-state index in [1.54, 1.807) is 6.20 Å². The van der Waals surface area contributed by atoms with Crippen molar-refractivity contribution in [1.82, 2.24) is 15.3 Å². The Morgan fingerprint density at radius 1 is 1.29 bits per heavy atom. The topological polar surface area (TPSA) is 73.3 Å². The van der Waals surface area contributed by atoms with E-state index < -0.39 is 0 Å². The first-order chi connectivity index (χ1) is 11.7. The number of nitrogens with zero attached hydrogens (tertiary/aromatic N) is 2. The molecule has 1 aliphatic heterocycles. The molecule has 0 radical (unpaired) electrons. The summed E-state index contributed by atoms with van der Waals surface area (Å²) in [5.41, 5.74) is 2.19. The third-order valence-corrected chi connectivity index (χ3v) is 3.94. The van der Waals surface area contributed by atoms with Gasteiger partial charge in [0.2, 0.25) is 0 Å². The summed E-state index contributed by atoms with van der Waals surface area (Å²) >= 11 is 0. The lowest BCUT2D eigenvalue weighted by Gasteiger charge is -2.32. The van der Waals surface area contributed by atoms with Crippen LogP contribution in [0, 0.1) is 6.92 Å². The third kappa shape index (κ3) is 4.37. The van der Waals surface area contributed by atoms with Crippen molar-refractivity contribution in [3.63, 3.8) is 0 Å². The molecule has 6 heteroatoms. The second-order valence-electron chi connectivity index (χ2n) is 5.82. The fourth-order valence-electron chi connectivity index (χ4n) is 2.57. The zero-order valence-corrected chi connectivity index (χ0v) is 13.6. The number of carbonyl (C=O) groups is 1. The summed E-state index contributed by atoms with van der Waals surface area (Å²) in [6.07, 6.45) is 3.61. The van der Waals surface area contributed by atoms with Gasteiger partial charge in [0.25, 0.3) is 5.91 Å². The number of aromatic nitrogens is 2. The molecule has 0 bridgehead atoms. The average molecular weight is 327 g/mol. The van der Waals surface area contributed by atoms with Crippen LogP contribution < -0.4 is 5.32 Å². The molecule has 1 aromatic carbocycles. The van der Waals surface area contributed by atoms with Gasteiger partial charge in [-0.1, -0.05) is 30.3 Å². The van der Waals surface area contributed by atoms with E-state index in [0.29, 0.717) is 31.9 Å². The molecular weight excluding hydrogens is 306 g/mol. The molecule has 2 atom stereocenters. The summed E-state index contributed by atoms with van der Waals surface area (Å²) in [6.45, 7) is 3.40. The van der Waals surface area contributed by atoms with Crippen LogP contribution in [-0.4, -0.2) is 41.2 Å². The number of aryl methyl sites for hydroxylation is 1. The lowest BCUT2D eigenvalue weighted by atomic mass is 10.1. The van der Waals surface area contributed by atoms with Crippen molar-refractivity contribution in [1.29, 1.82) is 0 Å². The molecule has 126 valence electrons. The molecule has 1 aliphatic rings. The summed E-state index contributed by atoms with van der Waals surface area (Å²) in [7, 11) is 0. The van der Waals surface area contributed by atoms with E-state index in [0.717, 1.165) is 11.3 Å². The summed E-state index contributed by atoms with van der Waals surface area (Å²) < 4.78 is 11.5. The number of nitrogens with one attached hydrogen (secondary N) is 1. The maximum atomic E-state index is 12.3. The second-order valence-corrected chi connectivity index (χ2v) is 5.82. The molecule has 0 saturated carbocycles. The fraction of sp³-hybridized carbons (Fsp3) is 0.389. The summed E-state index contributed by atoms with van der Waals surface area (Å²) in [4.78, 5) is 20.6. The minimum absolute atomic E-state index is 0.0990. The van der Waals surface area contributed by atoms with E-state index in [1.807, 2.05) is 37.3 Å². The first kappa shape index (κ1) is 16.5. The molecule has 1 amide bonds. The quantitative estimate of drug-likeness (QED) is 0.908. The Labute approximate surface area is 141 Å². The molecule has 24 heavy (non-hydrogen) atoms. The van der Waals surface area contributed by atoms with E-state index in [9.17, 15) is 4.79 Å². The van der Waals surface area contributed by atoms with Gasteiger partial charge < -0.3 is 14.8 Å². The fourth-order valence-corrected chi connectivity index (χ4v) is 2.57. The molecule has 0 aliphatic carbocycles. The summed E-state index contributed by atoms with van der Waals surface area (Å²) in [5, 5.41) is 2.99. The molecule has 1 N–H and O–H groups in total. The van der Waals surface area contributed by atoms with Crippen LogP contribution >= 0.6 is 0 Å². The van der Waals surface area contributed by atoms with Gasteiger partial charge >= 0.3 is 0 Å². The van der Waals surface area contributed by atoms with Gasteiger partial charge in [-0.2, -0.15) is 0 Å².